The first-order valence-electron chi connectivity index (χ1n) is 7.95. The minimum Gasteiger partial charge on any atom is -0.495 e. The lowest BCUT2D eigenvalue weighted by Crippen LogP contribution is -2.15. The molecule has 0 bridgehead atoms. The van der Waals surface area contributed by atoms with E-state index in [1.807, 2.05) is 31.2 Å². The van der Waals surface area contributed by atoms with Crippen LogP contribution in [0.1, 0.15) is 5.82 Å². The van der Waals surface area contributed by atoms with Crippen molar-refractivity contribution in [1.82, 2.24) is 14.6 Å². The molecule has 0 radical (unpaired) electrons. The molecule has 0 saturated carbocycles. The third kappa shape index (κ3) is 3.02. The first-order valence-corrected chi connectivity index (χ1v) is 9.81. The number of hydrogen-bond acceptors (Lipinski definition) is 6. The summed E-state index contributed by atoms with van der Waals surface area (Å²) in [6.07, 6.45) is 0. The maximum atomic E-state index is 12.3. The van der Waals surface area contributed by atoms with Crippen molar-refractivity contribution in [3.63, 3.8) is 0 Å². The Balaban J connectivity index is 1.54. The molecule has 0 aliphatic carbocycles. The number of nitrogens with one attached hydrogen (secondary N) is 1. The average Bonchev–Trinajstić information content (AvgIpc) is 3.23. The van der Waals surface area contributed by atoms with Gasteiger partial charge in [0, 0.05) is 0 Å². The van der Waals surface area contributed by atoms with E-state index in [0.717, 1.165) is 21.9 Å². The molecule has 0 unspecified atom stereocenters. The van der Waals surface area contributed by atoms with Gasteiger partial charge in [0.05, 0.1) is 34.3 Å². The molecule has 0 saturated heterocycles. The van der Waals surface area contributed by atoms with E-state index in [9.17, 15) is 4.79 Å². The molecule has 0 aliphatic heterocycles. The number of para-hydroxylation sites is 2. The molecule has 3 aromatic heterocycles. The van der Waals surface area contributed by atoms with E-state index in [-0.39, 0.29) is 11.7 Å². The number of hydrogen-bond donors (Lipinski definition) is 1. The summed E-state index contributed by atoms with van der Waals surface area (Å²) >= 11 is 3.06. The summed E-state index contributed by atoms with van der Waals surface area (Å²) < 4.78 is 8.52. The van der Waals surface area contributed by atoms with Crippen LogP contribution in [0.25, 0.3) is 15.7 Å². The van der Waals surface area contributed by atoms with Crippen molar-refractivity contribution in [2.24, 2.45) is 0 Å². The van der Waals surface area contributed by atoms with E-state index in [1.165, 1.54) is 16.5 Å². The van der Waals surface area contributed by atoms with Gasteiger partial charge in [-0.2, -0.15) is 0 Å². The van der Waals surface area contributed by atoms with Gasteiger partial charge in [0.1, 0.15) is 16.6 Å². The van der Waals surface area contributed by atoms with Gasteiger partial charge in [0.15, 0.2) is 0 Å². The van der Waals surface area contributed by atoms with Crippen LogP contribution in [0.15, 0.2) is 46.8 Å². The van der Waals surface area contributed by atoms with Crippen LogP contribution >= 0.6 is 23.1 Å². The van der Waals surface area contributed by atoms with E-state index < -0.39 is 0 Å². The molecule has 26 heavy (non-hydrogen) atoms. The van der Waals surface area contributed by atoms with Crippen molar-refractivity contribution in [2.75, 3.05) is 18.2 Å². The fourth-order valence-corrected chi connectivity index (χ4v) is 4.36. The maximum Gasteiger partial charge on any atom is 0.234 e. The van der Waals surface area contributed by atoms with Crippen LogP contribution in [0.2, 0.25) is 0 Å². The highest BCUT2D eigenvalue weighted by molar-refractivity contribution is 8.00. The Hall–Kier alpha value is -2.58. The van der Waals surface area contributed by atoms with Crippen LogP contribution in [-0.4, -0.2) is 33.4 Å². The zero-order valence-electron chi connectivity index (χ0n) is 14.2. The van der Waals surface area contributed by atoms with Crippen molar-refractivity contribution in [3.8, 4) is 5.75 Å². The van der Waals surface area contributed by atoms with Gasteiger partial charge in [-0.05, 0) is 36.6 Å². The maximum absolute atomic E-state index is 12.3. The van der Waals surface area contributed by atoms with Gasteiger partial charge in [-0.3, -0.25) is 9.20 Å². The highest BCUT2D eigenvalue weighted by atomic mass is 32.2. The SMILES string of the molecule is COc1ccccc1NC(=O)CSc1nnc(C)n2c1cc1sccc12. The Labute approximate surface area is 158 Å². The number of carbonyl (C=O) groups is 1. The molecule has 1 amide bonds. The Kier molecular flexibility index (Phi) is 4.52. The number of ether oxygens (including phenoxy) is 1. The minimum absolute atomic E-state index is 0.117. The predicted octanol–water partition coefficient (Wildman–Crippen LogP) is 3.99. The zero-order chi connectivity index (χ0) is 18.1. The van der Waals surface area contributed by atoms with Gasteiger partial charge in [-0.1, -0.05) is 23.9 Å². The van der Waals surface area contributed by atoms with Crippen LogP contribution in [0.5, 0.6) is 5.75 Å². The first-order chi connectivity index (χ1) is 12.7. The lowest BCUT2D eigenvalue weighted by atomic mass is 10.3. The number of amides is 1. The summed E-state index contributed by atoms with van der Waals surface area (Å²) in [4.78, 5) is 12.3. The second-order valence-corrected chi connectivity index (χ2v) is 7.54. The number of thioether (sulfide) groups is 1. The van der Waals surface area contributed by atoms with E-state index in [2.05, 4.69) is 37.4 Å². The van der Waals surface area contributed by atoms with E-state index in [0.29, 0.717) is 11.4 Å². The third-order valence-electron chi connectivity index (χ3n) is 3.97. The summed E-state index contributed by atoms with van der Waals surface area (Å²) in [5, 5.41) is 14.2. The number of thiophene rings is 1. The Morgan fingerprint density at radius 3 is 2.96 bits per heavy atom. The van der Waals surface area contributed by atoms with Crippen LogP contribution in [0.4, 0.5) is 5.69 Å². The lowest BCUT2D eigenvalue weighted by Gasteiger charge is -2.10. The smallest absolute Gasteiger partial charge is 0.234 e. The summed E-state index contributed by atoms with van der Waals surface area (Å²) in [5.74, 6) is 1.59. The van der Waals surface area contributed by atoms with Crippen molar-refractivity contribution in [3.05, 3.63) is 47.6 Å². The Bertz CT molecular complexity index is 1100. The fourth-order valence-electron chi connectivity index (χ4n) is 2.82. The van der Waals surface area contributed by atoms with Crippen molar-refractivity contribution in [1.29, 1.82) is 0 Å². The van der Waals surface area contributed by atoms with Crippen LogP contribution in [0, 0.1) is 6.92 Å². The van der Waals surface area contributed by atoms with E-state index in [4.69, 9.17) is 4.74 Å². The van der Waals surface area contributed by atoms with Gasteiger partial charge in [0.2, 0.25) is 5.91 Å². The third-order valence-corrected chi connectivity index (χ3v) is 5.80. The summed E-state index contributed by atoms with van der Waals surface area (Å²) in [7, 11) is 1.58. The van der Waals surface area contributed by atoms with Crippen LogP contribution < -0.4 is 10.1 Å². The number of aryl methyl sites for hydroxylation is 1. The standard InChI is InChI=1S/C18H16N4O2S2/c1-11-20-21-18(14-9-16-13(22(11)14)7-8-25-16)26-10-17(23)19-12-5-3-4-6-15(12)24-2/h3-9H,10H2,1-2H3,(H,19,23). The molecule has 0 fully saturated rings. The number of anilines is 1. The molecular weight excluding hydrogens is 368 g/mol. The normalized spacial score (nSPS) is 11.2. The second-order valence-electron chi connectivity index (χ2n) is 5.62. The van der Waals surface area contributed by atoms with Gasteiger partial charge < -0.3 is 10.1 Å². The van der Waals surface area contributed by atoms with Crippen molar-refractivity contribution in [2.45, 2.75) is 11.9 Å². The number of fused-ring (bicyclic) bond motifs is 3. The second kappa shape index (κ2) is 6.97. The topological polar surface area (TPSA) is 68.5 Å². The number of carbonyl (C=O) groups excluding carboxylic acids is 1. The molecule has 8 heteroatoms. The number of methoxy groups -OCH3 is 1. The monoisotopic (exact) mass is 384 g/mol. The van der Waals surface area contributed by atoms with Gasteiger partial charge in [-0.15, -0.1) is 21.5 Å². The zero-order valence-corrected chi connectivity index (χ0v) is 15.9. The largest absolute Gasteiger partial charge is 0.495 e. The van der Waals surface area contributed by atoms with Crippen LogP contribution in [-0.2, 0) is 4.79 Å². The molecular formula is C18H16N4O2S2. The molecule has 4 aromatic rings. The molecule has 4 rings (SSSR count). The number of aromatic nitrogens is 3. The minimum atomic E-state index is -0.117. The van der Waals surface area contributed by atoms with Gasteiger partial charge >= 0.3 is 0 Å². The predicted molar refractivity (Wildman–Crippen MR) is 105 cm³/mol. The average molecular weight is 384 g/mol. The summed E-state index contributed by atoms with van der Waals surface area (Å²) in [6.45, 7) is 1.93. The summed E-state index contributed by atoms with van der Waals surface area (Å²) in [6, 6.07) is 11.5. The molecule has 1 aromatic carbocycles. The van der Waals surface area contributed by atoms with E-state index in [1.54, 1.807) is 18.4 Å². The van der Waals surface area contributed by atoms with Crippen LogP contribution in [0.3, 0.4) is 0 Å². The molecule has 6 nitrogen and oxygen atoms in total. The van der Waals surface area contributed by atoms with Gasteiger partial charge in [-0.25, -0.2) is 0 Å². The van der Waals surface area contributed by atoms with Crippen molar-refractivity contribution >= 4 is 50.4 Å². The molecule has 0 aliphatic rings. The highest BCUT2D eigenvalue weighted by Crippen LogP contribution is 2.31. The summed E-state index contributed by atoms with van der Waals surface area (Å²) in [5.41, 5.74) is 2.76. The van der Waals surface area contributed by atoms with Gasteiger partial charge in [0.25, 0.3) is 0 Å². The molecule has 0 atom stereocenters. The fraction of sp³-hybridized carbons (Fsp3) is 0.167. The molecule has 132 valence electrons. The van der Waals surface area contributed by atoms with Crippen molar-refractivity contribution < 1.29 is 9.53 Å². The Morgan fingerprint density at radius 2 is 2.12 bits per heavy atom. The molecule has 0 spiro atoms. The molecule has 3 heterocycles. The lowest BCUT2D eigenvalue weighted by molar-refractivity contribution is -0.113. The number of benzene rings is 1. The Morgan fingerprint density at radius 1 is 1.27 bits per heavy atom. The van der Waals surface area contributed by atoms with E-state index >= 15 is 0 Å². The highest BCUT2D eigenvalue weighted by Gasteiger charge is 2.14. The quantitative estimate of drug-likeness (QED) is 0.527. The number of rotatable bonds is 5. The number of nitrogens with zero attached hydrogens (tertiary/aromatic N) is 3. The molecule has 1 N–H and O–H groups in total. The first kappa shape index (κ1) is 16.9.